The Balaban J connectivity index is 1.64. The van der Waals surface area contributed by atoms with Gasteiger partial charge in [0.1, 0.15) is 11.6 Å². The third kappa shape index (κ3) is 4.36. The van der Waals surface area contributed by atoms with Gasteiger partial charge in [-0.25, -0.2) is 4.39 Å². The van der Waals surface area contributed by atoms with Gasteiger partial charge < -0.3 is 10.1 Å². The number of halogens is 1. The lowest BCUT2D eigenvalue weighted by Crippen LogP contribution is -2.13. The fourth-order valence-corrected chi connectivity index (χ4v) is 3.71. The summed E-state index contributed by atoms with van der Waals surface area (Å²) in [5, 5.41) is 2.66. The number of carbonyl (C=O) groups excluding carboxylic acids is 3. The third-order valence-electron chi connectivity index (χ3n) is 4.17. The van der Waals surface area contributed by atoms with Crippen LogP contribution in [0.1, 0.15) is 42.1 Å². The molecule has 0 aliphatic heterocycles. The first kappa shape index (κ1) is 19.1. The maximum atomic E-state index is 14.0. The van der Waals surface area contributed by atoms with Crippen LogP contribution in [0.5, 0.6) is 5.75 Å². The van der Waals surface area contributed by atoms with Crippen molar-refractivity contribution in [2.75, 3.05) is 11.1 Å². The topological polar surface area (TPSA) is 72.5 Å². The Bertz CT molecular complexity index is 911. The summed E-state index contributed by atoms with van der Waals surface area (Å²) < 4.78 is 19.3. The van der Waals surface area contributed by atoms with Crippen LogP contribution < -0.4 is 10.1 Å². The van der Waals surface area contributed by atoms with Gasteiger partial charge in [0.05, 0.1) is 11.3 Å². The number of rotatable bonds is 5. The van der Waals surface area contributed by atoms with E-state index in [9.17, 15) is 18.8 Å². The minimum absolute atomic E-state index is 0.0371. The Morgan fingerprint density at radius 2 is 1.93 bits per heavy atom. The van der Waals surface area contributed by atoms with Crippen LogP contribution in [-0.4, -0.2) is 23.4 Å². The van der Waals surface area contributed by atoms with Crippen LogP contribution in [0.3, 0.4) is 0 Å². The average molecular weight is 387 g/mol. The zero-order chi connectivity index (χ0) is 19.6. The molecule has 1 amide bonds. The minimum Gasteiger partial charge on any atom is -0.425 e. The highest BCUT2D eigenvalue weighted by Gasteiger charge is 2.33. The van der Waals surface area contributed by atoms with Crippen LogP contribution in [0.4, 0.5) is 10.1 Å². The molecular formula is C20H18FNO4S. The van der Waals surface area contributed by atoms with Crippen molar-refractivity contribution < 1.29 is 23.5 Å². The van der Waals surface area contributed by atoms with Crippen LogP contribution in [0, 0.1) is 5.82 Å². The number of hydrogen-bond acceptors (Lipinski definition) is 5. The Labute approximate surface area is 160 Å². The molecule has 0 heterocycles. The van der Waals surface area contributed by atoms with Crippen molar-refractivity contribution in [1.29, 1.82) is 0 Å². The predicted octanol–water partition coefficient (Wildman–Crippen LogP) is 4.17. The second-order valence-corrected chi connectivity index (χ2v) is 7.38. The lowest BCUT2D eigenvalue weighted by atomic mass is 10.0. The Hall–Kier alpha value is -2.67. The molecule has 1 N–H and O–H groups in total. The fraction of sp³-hybridized carbons (Fsp3) is 0.250. The van der Waals surface area contributed by atoms with E-state index >= 15 is 0 Å². The van der Waals surface area contributed by atoms with Crippen LogP contribution in [0.25, 0.3) is 0 Å². The molecule has 2 aromatic rings. The number of carbonyl (C=O) groups is 3. The Kier molecular flexibility index (Phi) is 5.60. The summed E-state index contributed by atoms with van der Waals surface area (Å²) in [6.45, 7) is 3.20. The van der Waals surface area contributed by atoms with Crippen LogP contribution in [0.2, 0.25) is 0 Å². The lowest BCUT2D eigenvalue weighted by Gasteiger charge is -2.10. The molecule has 1 atom stereocenters. The predicted molar refractivity (Wildman–Crippen MR) is 101 cm³/mol. The van der Waals surface area contributed by atoms with Gasteiger partial charge in [-0.3, -0.25) is 14.4 Å². The number of Topliss-reactive ketones (excluding diaryl/α,β-unsaturated/α-hetero) is 1. The van der Waals surface area contributed by atoms with Gasteiger partial charge in [0.2, 0.25) is 5.91 Å². The van der Waals surface area contributed by atoms with Gasteiger partial charge >= 0.3 is 5.97 Å². The number of ether oxygens (including phenoxy) is 1. The second kappa shape index (κ2) is 7.92. The largest absolute Gasteiger partial charge is 0.425 e. The molecule has 1 aliphatic rings. The molecule has 0 fully saturated rings. The molecule has 0 saturated heterocycles. The summed E-state index contributed by atoms with van der Waals surface area (Å²) >= 11 is 1.27. The highest BCUT2D eigenvalue weighted by atomic mass is 32.2. The number of esters is 1. The first-order valence-corrected chi connectivity index (χ1v) is 9.40. The highest BCUT2D eigenvalue weighted by molar-refractivity contribution is 8.00. The molecule has 0 radical (unpaired) electrons. The molecule has 27 heavy (non-hydrogen) atoms. The fourth-order valence-electron chi connectivity index (χ4n) is 3.04. The molecule has 3 rings (SSSR count). The van der Waals surface area contributed by atoms with Crippen molar-refractivity contribution in [3.63, 3.8) is 0 Å². The zero-order valence-electron chi connectivity index (χ0n) is 14.9. The monoisotopic (exact) mass is 387 g/mol. The smallest absolute Gasteiger partial charge is 0.321 e. The number of amides is 1. The van der Waals surface area contributed by atoms with E-state index in [0.717, 1.165) is 4.90 Å². The number of anilines is 1. The van der Waals surface area contributed by atoms with Crippen molar-refractivity contribution in [3.8, 4) is 5.75 Å². The molecular weight excluding hydrogens is 369 g/mol. The summed E-state index contributed by atoms with van der Waals surface area (Å²) in [5.74, 6) is -1.40. The molecule has 7 heteroatoms. The van der Waals surface area contributed by atoms with Crippen molar-refractivity contribution >= 4 is 35.1 Å². The molecule has 0 spiro atoms. The molecule has 0 aromatic heterocycles. The normalized spacial score (nSPS) is 15.4. The third-order valence-corrected chi connectivity index (χ3v) is 5.16. The second-order valence-electron chi connectivity index (χ2n) is 6.33. The zero-order valence-corrected chi connectivity index (χ0v) is 15.7. The average Bonchev–Trinajstić information content (AvgIpc) is 2.92. The Morgan fingerprint density at radius 1 is 1.22 bits per heavy atom. The molecule has 5 nitrogen and oxygen atoms in total. The van der Waals surface area contributed by atoms with E-state index in [1.165, 1.54) is 30.8 Å². The van der Waals surface area contributed by atoms with E-state index in [-0.39, 0.29) is 41.1 Å². The number of thioether (sulfide) groups is 1. The van der Waals surface area contributed by atoms with E-state index in [0.29, 0.717) is 11.3 Å². The molecule has 0 bridgehead atoms. The first-order valence-electron chi connectivity index (χ1n) is 8.42. The van der Waals surface area contributed by atoms with E-state index in [2.05, 4.69) is 5.32 Å². The van der Waals surface area contributed by atoms with Gasteiger partial charge in [0.25, 0.3) is 0 Å². The van der Waals surface area contributed by atoms with Crippen LogP contribution in [-0.2, 0) is 9.59 Å². The van der Waals surface area contributed by atoms with Crippen LogP contribution in [0.15, 0.2) is 41.3 Å². The summed E-state index contributed by atoms with van der Waals surface area (Å²) in [6, 6.07) is 9.59. The van der Waals surface area contributed by atoms with Gasteiger partial charge in [-0.2, -0.15) is 0 Å². The Morgan fingerprint density at radius 3 is 2.59 bits per heavy atom. The molecule has 2 aromatic carbocycles. The summed E-state index contributed by atoms with van der Waals surface area (Å²) in [7, 11) is 0. The van der Waals surface area contributed by atoms with Crippen molar-refractivity contribution in [3.05, 3.63) is 53.3 Å². The number of nitrogens with one attached hydrogen (secondary N) is 1. The molecule has 0 saturated carbocycles. The van der Waals surface area contributed by atoms with Gasteiger partial charge in [0.15, 0.2) is 5.78 Å². The summed E-state index contributed by atoms with van der Waals surface area (Å²) in [4.78, 5) is 36.1. The first-order chi connectivity index (χ1) is 12.8. The highest BCUT2D eigenvalue weighted by Crippen LogP contribution is 2.39. The van der Waals surface area contributed by atoms with Crippen molar-refractivity contribution in [1.82, 2.24) is 0 Å². The van der Waals surface area contributed by atoms with Crippen molar-refractivity contribution in [2.24, 2.45) is 0 Å². The SMILES string of the molecule is CC(=O)Nc1ccc(SCC(=O)Oc2ccc(F)c3c2C(=O)CC3C)cc1. The van der Waals surface area contributed by atoms with E-state index in [1.807, 2.05) is 0 Å². The van der Waals surface area contributed by atoms with E-state index < -0.39 is 11.8 Å². The van der Waals surface area contributed by atoms with E-state index in [4.69, 9.17) is 4.74 Å². The van der Waals surface area contributed by atoms with Gasteiger partial charge in [-0.05, 0) is 42.3 Å². The molecule has 140 valence electrons. The van der Waals surface area contributed by atoms with Gasteiger partial charge in [-0.1, -0.05) is 6.92 Å². The molecule has 1 unspecified atom stereocenters. The van der Waals surface area contributed by atoms with E-state index in [1.54, 1.807) is 31.2 Å². The quantitative estimate of drug-likeness (QED) is 0.474. The van der Waals surface area contributed by atoms with Crippen molar-refractivity contribution in [2.45, 2.75) is 31.1 Å². The van der Waals surface area contributed by atoms with Gasteiger partial charge in [0, 0.05) is 29.5 Å². The van der Waals surface area contributed by atoms with Crippen LogP contribution >= 0.6 is 11.8 Å². The maximum absolute atomic E-state index is 14.0. The summed E-state index contributed by atoms with van der Waals surface area (Å²) in [6.07, 6.45) is 0.218. The number of ketones is 1. The minimum atomic E-state index is -0.521. The lowest BCUT2D eigenvalue weighted by molar-refractivity contribution is -0.131. The number of fused-ring (bicyclic) bond motifs is 1. The maximum Gasteiger partial charge on any atom is 0.321 e. The summed E-state index contributed by atoms with van der Waals surface area (Å²) in [5.41, 5.74) is 1.18. The van der Waals surface area contributed by atoms with Gasteiger partial charge in [-0.15, -0.1) is 11.8 Å². The number of benzene rings is 2. The number of hydrogen-bond donors (Lipinski definition) is 1. The molecule has 1 aliphatic carbocycles. The standard InChI is InChI=1S/C20H18FNO4S/c1-11-9-16(24)20-17(8-7-15(21)19(11)20)26-18(25)10-27-14-5-3-13(4-6-14)22-12(2)23/h3-8,11H,9-10H2,1-2H3,(H,22,23).